The molecule has 2 rings (SSSR count). The van der Waals surface area contributed by atoms with Crippen LogP contribution < -0.4 is 5.32 Å². The molecule has 0 aromatic heterocycles. The third-order valence-electron chi connectivity index (χ3n) is 3.49. The molecule has 1 heterocycles. The maximum atomic E-state index is 11.9. The summed E-state index contributed by atoms with van der Waals surface area (Å²) in [7, 11) is 0. The van der Waals surface area contributed by atoms with E-state index in [1.54, 1.807) is 4.90 Å². The van der Waals surface area contributed by atoms with E-state index in [4.69, 9.17) is 0 Å². The zero-order chi connectivity index (χ0) is 15.4. The lowest BCUT2D eigenvalue weighted by Gasteiger charge is -2.16. The number of hydrogen-bond donors (Lipinski definition) is 1. The molecule has 1 amide bonds. The van der Waals surface area contributed by atoms with Crippen LogP contribution in [-0.2, 0) is 4.79 Å². The molecule has 7 heteroatoms. The number of likely N-dealkylation sites (tertiary alicyclic amines) is 1. The zero-order valence-electron chi connectivity index (χ0n) is 11.8. The number of anilines is 1. The molecule has 0 unspecified atom stereocenters. The fourth-order valence-corrected chi connectivity index (χ4v) is 2.30. The number of nitrogens with one attached hydrogen (secondary N) is 1. The van der Waals surface area contributed by atoms with Crippen molar-refractivity contribution in [3.63, 3.8) is 0 Å². The van der Waals surface area contributed by atoms with Crippen LogP contribution in [0.3, 0.4) is 0 Å². The van der Waals surface area contributed by atoms with Gasteiger partial charge < -0.3 is 10.2 Å². The van der Waals surface area contributed by atoms with Crippen LogP contribution in [0.15, 0.2) is 18.2 Å². The molecular formula is C14H17N3O4. The molecule has 112 valence electrons. The Morgan fingerprint density at radius 2 is 2.00 bits per heavy atom. The van der Waals surface area contributed by atoms with Crippen molar-refractivity contribution in [1.82, 2.24) is 4.90 Å². The quantitative estimate of drug-likeness (QED) is 0.507. The molecule has 1 saturated heterocycles. The van der Waals surface area contributed by atoms with Crippen LogP contribution in [0.25, 0.3) is 0 Å². The van der Waals surface area contributed by atoms with Gasteiger partial charge in [-0.05, 0) is 31.9 Å². The molecule has 1 aromatic rings. The minimum Gasteiger partial charge on any atom is -0.371 e. The van der Waals surface area contributed by atoms with Gasteiger partial charge >= 0.3 is 0 Å². The van der Waals surface area contributed by atoms with Gasteiger partial charge in [-0.3, -0.25) is 19.7 Å². The Bertz CT molecular complexity index is 580. The predicted molar refractivity (Wildman–Crippen MR) is 77.4 cm³/mol. The molecule has 0 spiro atoms. The fraction of sp³-hybridized carbons (Fsp3) is 0.429. The smallest absolute Gasteiger partial charge is 0.293 e. The van der Waals surface area contributed by atoms with E-state index in [2.05, 4.69) is 5.32 Å². The van der Waals surface area contributed by atoms with E-state index in [0.717, 1.165) is 25.9 Å². The SMILES string of the molecule is CC(=O)c1ccc(NCC(=O)N2CCCC2)c([N+](=O)[O-])c1. The van der Waals surface area contributed by atoms with Crippen molar-refractivity contribution in [2.24, 2.45) is 0 Å². The number of hydrogen-bond acceptors (Lipinski definition) is 5. The molecule has 1 N–H and O–H groups in total. The summed E-state index contributed by atoms with van der Waals surface area (Å²) in [6, 6.07) is 4.20. The van der Waals surface area contributed by atoms with Crippen LogP contribution in [-0.4, -0.2) is 41.1 Å². The van der Waals surface area contributed by atoms with Gasteiger partial charge in [0.15, 0.2) is 5.78 Å². The number of nitro groups is 1. The molecule has 21 heavy (non-hydrogen) atoms. The zero-order valence-corrected chi connectivity index (χ0v) is 11.8. The summed E-state index contributed by atoms with van der Waals surface area (Å²) in [5.41, 5.74) is 0.326. The summed E-state index contributed by atoms with van der Waals surface area (Å²) < 4.78 is 0. The lowest BCUT2D eigenvalue weighted by molar-refractivity contribution is -0.384. The summed E-state index contributed by atoms with van der Waals surface area (Å²) in [4.78, 5) is 35.4. The number of nitrogens with zero attached hydrogens (tertiary/aromatic N) is 2. The van der Waals surface area contributed by atoms with Gasteiger partial charge in [0.1, 0.15) is 5.69 Å². The fourth-order valence-electron chi connectivity index (χ4n) is 2.30. The van der Waals surface area contributed by atoms with Crippen molar-refractivity contribution < 1.29 is 14.5 Å². The van der Waals surface area contributed by atoms with E-state index in [0.29, 0.717) is 0 Å². The van der Waals surface area contributed by atoms with Crippen LogP contribution >= 0.6 is 0 Å². The Labute approximate surface area is 122 Å². The van der Waals surface area contributed by atoms with Gasteiger partial charge in [-0.2, -0.15) is 0 Å². The number of rotatable bonds is 5. The number of benzene rings is 1. The summed E-state index contributed by atoms with van der Waals surface area (Å²) in [6.45, 7) is 2.85. The van der Waals surface area contributed by atoms with Gasteiger partial charge in [0.2, 0.25) is 5.91 Å². The molecule has 0 aliphatic carbocycles. The molecule has 1 aliphatic heterocycles. The van der Waals surface area contributed by atoms with Crippen LogP contribution in [0.5, 0.6) is 0 Å². The molecule has 0 bridgehead atoms. The lowest BCUT2D eigenvalue weighted by Crippen LogP contribution is -2.33. The van der Waals surface area contributed by atoms with Gasteiger partial charge in [0, 0.05) is 24.7 Å². The van der Waals surface area contributed by atoms with E-state index >= 15 is 0 Å². The number of amides is 1. The van der Waals surface area contributed by atoms with Crippen molar-refractivity contribution >= 4 is 23.1 Å². The second kappa shape index (κ2) is 6.34. The number of Topliss-reactive ketones (excluding diaryl/α,β-unsaturated/α-hetero) is 1. The third-order valence-corrected chi connectivity index (χ3v) is 3.49. The summed E-state index contributed by atoms with van der Waals surface area (Å²) in [5.74, 6) is -0.310. The van der Waals surface area contributed by atoms with E-state index in [1.165, 1.54) is 25.1 Å². The van der Waals surface area contributed by atoms with Crippen molar-refractivity contribution in [1.29, 1.82) is 0 Å². The Kier molecular flexibility index (Phi) is 4.52. The van der Waals surface area contributed by atoms with Crippen molar-refractivity contribution in [2.45, 2.75) is 19.8 Å². The standard InChI is InChI=1S/C14H17N3O4/c1-10(18)11-4-5-12(13(8-11)17(20)21)15-9-14(19)16-6-2-3-7-16/h4-5,8,15H,2-3,6-7,9H2,1H3. The Morgan fingerprint density at radius 3 is 2.57 bits per heavy atom. The van der Waals surface area contributed by atoms with Gasteiger partial charge in [0.25, 0.3) is 5.69 Å². The Morgan fingerprint density at radius 1 is 1.33 bits per heavy atom. The van der Waals surface area contributed by atoms with Gasteiger partial charge in [-0.15, -0.1) is 0 Å². The molecule has 0 radical (unpaired) electrons. The first-order chi connectivity index (χ1) is 9.99. The first kappa shape index (κ1) is 15.0. The van der Waals surface area contributed by atoms with Crippen LogP contribution in [0, 0.1) is 10.1 Å². The average Bonchev–Trinajstić information content (AvgIpc) is 2.98. The second-order valence-corrected chi connectivity index (χ2v) is 4.99. The van der Waals surface area contributed by atoms with Crippen molar-refractivity contribution in [3.8, 4) is 0 Å². The van der Waals surface area contributed by atoms with E-state index in [9.17, 15) is 19.7 Å². The highest BCUT2D eigenvalue weighted by Crippen LogP contribution is 2.25. The number of nitro benzene ring substituents is 1. The maximum absolute atomic E-state index is 11.9. The minimum absolute atomic E-state index is 0.0141. The van der Waals surface area contributed by atoms with Gasteiger partial charge in [-0.1, -0.05) is 0 Å². The molecule has 1 fully saturated rings. The second-order valence-electron chi connectivity index (χ2n) is 4.99. The highest BCUT2D eigenvalue weighted by atomic mass is 16.6. The summed E-state index contributed by atoms with van der Waals surface area (Å²) in [5, 5.41) is 13.8. The largest absolute Gasteiger partial charge is 0.371 e. The Hall–Kier alpha value is -2.44. The lowest BCUT2D eigenvalue weighted by atomic mass is 10.1. The molecule has 0 saturated carbocycles. The number of ketones is 1. The molecule has 7 nitrogen and oxygen atoms in total. The maximum Gasteiger partial charge on any atom is 0.293 e. The molecule has 1 aliphatic rings. The van der Waals surface area contributed by atoms with Crippen LogP contribution in [0.1, 0.15) is 30.1 Å². The molecular weight excluding hydrogens is 274 g/mol. The first-order valence-electron chi connectivity index (χ1n) is 6.80. The van der Waals surface area contributed by atoms with Gasteiger partial charge in [0.05, 0.1) is 11.5 Å². The monoisotopic (exact) mass is 291 g/mol. The van der Waals surface area contributed by atoms with Gasteiger partial charge in [-0.25, -0.2) is 0 Å². The topological polar surface area (TPSA) is 92.6 Å². The number of carbonyl (C=O) groups excluding carboxylic acids is 2. The van der Waals surface area contributed by atoms with E-state index in [-0.39, 0.29) is 35.2 Å². The van der Waals surface area contributed by atoms with Crippen molar-refractivity contribution in [3.05, 3.63) is 33.9 Å². The Balaban J connectivity index is 2.10. The normalized spacial score (nSPS) is 14.0. The molecule has 0 atom stereocenters. The summed E-state index contributed by atoms with van der Waals surface area (Å²) >= 11 is 0. The number of carbonyl (C=O) groups is 2. The van der Waals surface area contributed by atoms with Crippen LogP contribution in [0.2, 0.25) is 0 Å². The minimum atomic E-state index is -0.560. The average molecular weight is 291 g/mol. The molecule has 1 aromatic carbocycles. The van der Waals surface area contributed by atoms with E-state index in [1.807, 2.05) is 0 Å². The first-order valence-corrected chi connectivity index (χ1v) is 6.80. The summed E-state index contributed by atoms with van der Waals surface area (Å²) in [6.07, 6.45) is 2.00. The van der Waals surface area contributed by atoms with Crippen LogP contribution in [0.4, 0.5) is 11.4 Å². The van der Waals surface area contributed by atoms with Crippen molar-refractivity contribution in [2.75, 3.05) is 25.0 Å². The van der Waals surface area contributed by atoms with E-state index < -0.39 is 4.92 Å². The highest BCUT2D eigenvalue weighted by Gasteiger charge is 2.20. The third kappa shape index (κ3) is 3.56. The predicted octanol–water partition coefficient (Wildman–Crippen LogP) is 1.83. The highest BCUT2D eigenvalue weighted by molar-refractivity contribution is 5.95.